The third-order valence-corrected chi connectivity index (χ3v) is 3.35. The van der Waals surface area contributed by atoms with Crippen LogP contribution in [0.3, 0.4) is 0 Å². The van der Waals surface area contributed by atoms with E-state index >= 15 is 0 Å². The van der Waals surface area contributed by atoms with Crippen molar-refractivity contribution >= 4 is 11.5 Å². The Labute approximate surface area is 127 Å². The highest BCUT2D eigenvalue weighted by Gasteiger charge is 2.05. The first-order valence-corrected chi connectivity index (χ1v) is 6.92. The zero-order chi connectivity index (χ0) is 15.4. The van der Waals surface area contributed by atoms with Gasteiger partial charge in [-0.2, -0.15) is 4.52 Å². The van der Waals surface area contributed by atoms with E-state index in [-0.39, 0.29) is 0 Å². The lowest BCUT2D eigenvalue weighted by Crippen LogP contribution is -2.08. The van der Waals surface area contributed by atoms with Crippen LogP contribution in [0.2, 0.25) is 0 Å². The van der Waals surface area contributed by atoms with Crippen LogP contribution >= 0.6 is 0 Å². The van der Waals surface area contributed by atoms with Crippen molar-refractivity contribution in [3.05, 3.63) is 42.2 Å². The Bertz CT molecular complexity index is 771. The van der Waals surface area contributed by atoms with Gasteiger partial charge in [0.2, 0.25) is 0 Å². The average Bonchev–Trinajstić information content (AvgIpc) is 3.02. The fourth-order valence-electron chi connectivity index (χ4n) is 2.23. The Kier molecular flexibility index (Phi) is 4.04. The van der Waals surface area contributed by atoms with Gasteiger partial charge in [0.1, 0.15) is 23.6 Å². The van der Waals surface area contributed by atoms with Gasteiger partial charge in [-0.3, -0.25) is 0 Å². The molecule has 0 atom stereocenters. The molecule has 2 heterocycles. The van der Waals surface area contributed by atoms with Gasteiger partial charge in [-0.15, -0.1) is 15.3 Å². The van der Waals surface area contributed by atoms with E-state index in [1.54, 1.807) is 25.1 Å². The molecular weight excluding hydrogens is 282 g/mol. The van der Waals surface area contributed by atoms with Crippen molar-refractivity contribution < 1.29 is 9.47 Å². The molecule has 0 unspecified atom stereocenters. The number of hydrogen-bond donors (Lipinski definition) is 1. The Morgan fingerprint density at radius 3 is 2.86 bits per heavy atom. The molecule has 22 heavy (non-hydrogen) atoms. The highest BCUT2D eigenvalue weighted by Crippen LogP contribution is 2.24. The first-order chi connectivity index (χ1) is 10.8. The van der Waals surface area contributed by atoms with Gasteiger partial charge >= 0.3 is 0 Å². The van der Waals surface area contributed by atoms with E-state index in [0.29, 0.717) is 0 Å². The van der Waals surface area contributed by atoms with Crippen molar-refractivity contribution in [2.24, 2.45) is 0 Å². The van der Waals surface area contributed by atoms with E-state index < -0.39 is 0 Å². The number of nitrogens with one attached hydrogen (secondary N) is 1. The SMILES string of the molecule is COc1ccc(OC)c(CCNc2ccc3nncn3n2)c1. The summed E-state index contributed by atoms with van der Waals surface area (Å²) in [5.74, 6) is 2.44. The molecule has 0 spiro atoms. The minimum absolute atomic E-state index is 0.722. The zero-order valence-corrected chi connectivity index (χ0v) is 12.5. The van der Waals surface area contributed by atoms with Crippen LogP contribution < -0.4 is 14.8 Å². The molecule has 3 rings (SSSR count). The van der Waals surface area contributed by atoms with E-state index in [1.165, 1.54) is 0 Å². The molecule has 7 heteroatoms. The third-order valence-electron chi connectivity index (χ3n) is 3.35. The highest BCUT2D eigenvalue weighted by atomic mass is 16.5. The van der Waals surface area contributed by atoms with Crippen molar-refractivity contribution in [1.29, 1.82) is 0 Å². The van der Waals surface area contributed by atoms with E-state index in [2.05, 4.69) is 20.6 Å². The summed E-state index contributed by atoms with van der Waals surface area (Å²) in [6.45, 7) is 0.726. The highest BCUT2D eigenvalue weighted by molar-refractivity contribution is 5.44. The van der Waals surface area contributed by atoms with Crippen molar-refractivity contribution in [2.75, 3.05) is 26.1 Å². The maximum atomic E-state index is 5.38. The standard InChI is InChI=1S/C15H17N5O2/c1-21-12-3-4-13(22-2)11(9-12)7-8-16-14-5-6-15-18-17-10-20(15)19-14/h3-6,9-10H,7-8H2,1-2H3,(H,16,19). The average molecular weight is 299 g/mol. The number of ether oxygens (including phenoxy) is 2. The van der Waals surface area contributed by atoms with Crippen LogP contribution in [0.1, 0.15) is 5.56 Å². The number of nitrogens with zero attached hydrogens (tertiary/aromatic N) is 4. The van der Waals surface area contributed by atoms with Gasteiger partial charge in [-0.1, -0.05) is 0 Å². The van der Waals surface area contributed by atoms with Crippen molar-refractivity contribution in [3.63, 3.8) is 0 Å². The summed E-state index contributed by atoms with van der Waals surface area (Å²) in [4.78, 5) is 0. The quantitative estimate of drug-likeness (QED) is 0.748. The summed E-state index contributed by atoms with van der Waals surface area (Å²) in [6, 6.07) is 9.53. The predicted octanol–water partition coefficient (Wildman–Crippen LogP) is 1.80. The molecule has 114 valence electrons. The molecule has 0 aliphatic rings. The molecule has 3 aromatic rings. The van der Waals surface area contributed by atoms with Crippen LogP contribution in [0.5, 0.6) is 11.5 Å². The van der Waals surface area contributed by atoms with E-state index in [4.69, 9.17) is 9.47 Å². The van der Waals surface area contributed by atoms with Crippen molar-refractivity contribution in [2.45, 2.75) is 6.42 Å². The second-order valence-corrected chi connectivity index (χ2v) is 4.71. The van der Waals surface area contributed by atoms with E-state index in [9.17, 15) is 0 Å². The van der Waals surface area contributed by atoms with Crippen LogP contribution in [0, 0.1) is 0 Å². The van der Waals surface area contributed by atoms with Gasteiger partial charge in [0, 0.05) is 6.54 Å². The molecule has 0 radical (unpaired) electrons. The van der Waals surface area contributed by atoms with Gasteiger partial charge in [0.25, 0.3) is 0 Å². The lowest BCUT2D eigenvalue weighted by Gasteiger charge is -2.11. The van der Waals surface area contributed by atoms with E-state index in [1.807, 2.05) is 30.3 Å². The molecule has 1 aromatic carbocycles. The lowest BCUT2D eigenvalue weighted by molar-refractivity contribution is 0.399. The molecule has 7 nitrogen and oxygen atoms in total. The maximum Gasteiger partial charge on any atom is 0.177 e. The maximum absolute atomic E-state index is 5.38. The lowest BCUT2D eigenvalue weighted by atomic mass is 10.1. The van der Waals surface area contributed by atoms with Gasteiger partial charge in [-0.05, 0) is 42.3 Å². The number of methoxy groups -OCH3 is 2. The molecule has 0 aliphatic carbocycles. The second kappa shape index (κ2) is 6.30. The normalized spacial score (nSPS) is 10.6. The minimum atomic E-state index is 0.722. The number of benzene rings is 1. The van der Waals surface area contributed by atoms with Crippen LogP contribution in [-0.2, 0) is 6.42 Å². The topological polar surface area (TPSA) is 73.6 Å². The van der Waals surface area contributed by atoms with Crippen LogP contribution in [-0.4, -0.2) is 40.6 Å². The molecule has 0 saturated carbocycles. The van der Waals surface area contributed by atoms with Crippen molar-refractivity contribution in [1.82, 2.24) is 19.8 Å². The Morgan fingerprint density at radius 2 is 2.05 bits per heavy atom. The second-order valence-electron chi connectivity index (χ2n) is 4.71. The van der Waals surface area contributed by atoms with Crippen LogP contribution in [0.4, 0.5) is 5.82 Å². The number of hydrogen-bond acceptors (Lipinski definition) is 6. The van der Waals surface area contributed by atoms with Crippen LogP contribution in [0.15, 0.2) is 36.7 Å². The summed E-state index contributed by atoms with van der Waals surface area (Å²) in [7, 11) is 3.32. The zero-order valence-electron chi connectivity index (χ0n) is 12.5. The van der Waals surface area contributed by atoms with E-state index in [0.717, 1.165) is 41.5 Å². The summed E-state index contributed by atoms with van der Waals surface area (Å²) in [6.07, 6.45) is 2.37. The Hall–Kier alpha value is -2.83. The van der Waals surface area contributed by atoms with Gasteiger partial charge in [0.05, 0.1) is 14.2 Å². The van der Waals surface area contributed by atoms with Gasteiger partial charge in [0.15, 0.2) is 5.65 Å². The Balaban J connectivity index is 1.67. The number of rotatable bonds is 6. The molecular formula is C15H17N5O2. The van der Waals surface area contributed by atoms with Gasteiger partial charge in [-0.25, -0.2) is 0 Å². The smallest absolute Gasteiger partial charge is 0.177 e. The first kappa shape index (κ1) is 14.1. The summed E-state index contributed by atoms with van der Waals surface area (Å²) in [5.41, 5.74) is 1.81. The predicted molar refractivity (Wildman–Crippen MR) is 82.5 cm³/mol. The number of anilines is 1. The third kappa shape index (κ3) is 2.93. The van der Waals surface area contributed by atoms with Gasteiger partial charge < -0.3 is 14.8 Å². The first-order valence-electron chi connectivity index (χ1n) is 6.92. The molecule has 0 fully saturated rings. The number of fused-ring (bicyclic) bond motifs is 1. The fourth-order valence-corrected chi connectivity index (χ4v) is 2.23. The molecule has 2 aromatic heterocycles. The summed E-state index contributed by atoms with van der Waals surface area (Å²) in [5, 5.41) is 15.4. The Morgan fingerprint density at radius 1 is 1.14 bits per heavy atom. The molecule has 1 N–H and O–H groups in total. The minimum Gasteiger partial charge on any atom is -0.497 e. The molecule has 0 saturated heterocycles. The molecule has 0 bridgehead atoms. The molecule has 0 amide bonds. The largest absolute Gasteiger partial charge is 0.497 e. The summed E-state index contributed by atoms with van der Waals surface area (Å²) < 4.78 is 12.3. The monoisotopic (exact) mass is 299 g/mol. The van der Waals surface area contributed by atoms with Crippen LogP contribution in [0.25, 0.3) is 5.65 Å². The fraction of sp³-hybridized carbons (Fsp3) is 0.267. The summed E-state index contributed by atoms with van der Waals surface area (Å²) >= 11 is 0. The van der Waals surface area contributed by atoms with Crippen molar-refractivity contribution in [3.8, 4) is 11.5 Å². The number of aromatic nitrogens is 4. The molecule has 0 aliphatic heterocycles.